The van der Waals surface area contributed by atoms with Gasteiger partial charge in [0.2, 0.25) is 0 Å². The fourth-order valence-corrected chi connectivity index (χ4v) is 5.73. The van der Waals surface area contributed by atoms with E-state index in [4.69, 9.17) is 15.3 Å². The molecule has 0 bridgehead atoms. The van der Waals surface area contributed by atoms with Gasteiger partial charge in [0.05, 0.1) is 21.2 Å². The quantitative estimate of drug-likeness (QED) is 0.855. The summed E-state index contributed by atoms with van der Waals surface area (Å²) in [6.45, 7) is 0.733. The van der Waals surface area contributed by atoms with Crippen LogP contribution in [0, 0.1) is 10.7 Å². The van der Waals surface area contributed by atoms with Crippen molar-refractivity contribution >= 4 is 9.73 Å². The number of nitrogens with two attached hydrogens (primary N) is 1. The molecule has 0 radical (unpaired) electrons. The van der Waals surface area contributed by atoms with Crippen LogP contribution in [0.1, 0.15) is 51.4 Å². The first kappa shape index (κ1) is 16.8. The summed E-state index contributed by atoms with van der Waals surface area (Å²) >= 11 is 0. The Balaban J connectivity index is 1.66. The molecule has 0 aliphatic heterocycles. The molecule has 2 fully saturated rings. The standard InChI is InChI=1S/C18H28N2O2S/c19-15-9-10-18(11-15)23(20,21)17-8-4-7-16(12-17)22-13-14-5-2-1-3-6-14/h4,7-8,12,14-15,18,20H,1-3,5-6,9-11,13,19H2/t15-,18+,23?/m0/s1. The molecule has 0 aromatic heterocycles. The summed E-state index contributed by atoms with van der Waals surface area (Å²) < 4.78 is 27.3. The predicted octanol–water partition coefficient (Wildman–Crippen LogP) is 3.93. The number of nitrogens with one attached hydrogen (secondary N) is 1. The average molecular weight is 337 g/mol. The third kappa shape index (κ3) is 4.07. The van der Waals surface area contributed by atoms with Gasteiger partial charge in [-0.2, -0.15) is 0 Å². The summed E-state index contributed by atoms with van der Waals surface area (Å²) in [5.41, 5.74) is 5.93. The Bertz CT molecular complexity index is 624. The first-order valence-electron chi connectivity index (χ1n) is 8.82. The Kier molecular flexibility index (Phi) is 5.27. The first-order chi connectivity index (χ1) is 11.1. The maximum atomic E-state index is 12.9. The minimum absolute atomic E-state index is 0.0944. The maximum Gasteiger partial charge on any atom is 0.120 e. The molecule has 4 nitrogen and oxygen atoms in total. The smallest absolute Gasteiger partial charge is 0.120 e. The largest absolute Gasteiger partial charge is 0.493 e. The predicted molar refractivity (Wildman–Crippen MR) is 93.3 cm³/mol. The molecule has 0 heterocycles. The van der Waals surface area contributed by atoms with Crippen LogP contribution >= 0.6 is 0 Å². The van der Waals surface area contributed by atoms with Crippen molar-refractivity contribution in [2.45, 2.75) is 67.6 Å². The van der Waals surface area contributed by atoms with Gasteiger partial charge in [-0.3, -0.25) is 0 Å². The summed E-state index contributed by atoms with van der Waals surface area (Å²) in [6, 6.07) is 7.46. The molecule has 5 heteroatoms. The Morgan fingerprint density at radius 3 is 2.65 bits per heavy atom. The molecule has 0 spiro atoms. The summed E-state index contributed by atoms with van der Waals surface area (Å²) in [6.07, 6.45) is 8.79. The van der Waals surface area contributed by atoms with E-state index in [0.717, 1.165) is 25.2 Å². The number of benzene rings is 1. The second-order valence-corrected chi connectivity index (χ2v) is 9.43. The van der Waals surface area contributed by atoms with Gasteiger partial charge in [-0.15, -0.1) is 0 Å². The zero-order valence-corrected chi connectivity index (χ0v) is 14.5. The van der Waals surface area contributed by atoms with Crippen LogP contribution in [0.25, 0.3) is 0 Å². The number of rotatable bonds is 5. The van der Waals surface area contributed by atoms with Crippen molar-refractivity contribution in [3.63, 3.8) is 0 Å². The second-order valence-electron chi connectivity index (χ2n) is 7.09. The maximum absolute atomic E-state index is 12.9. The lowest BCUT2D eigenvalue weighted by atomic mass is 9.90. The van der Waals surface area contributed by atoms with E-state index in [-0.39, 0.29) is 11.3 Å². The monoisotopic (exact) mass is 336 g/mol. The van der Waals surface area contributed by atoms with Gasteiger partial charge in [0, 0.05) is 11.3 Å². The summed E-state index contributed by atoms with van der Waals surface area (Å²) in [5, 5.41) is -0.119. The highest BCUT2D eigenvalue weighted by Crippen LogP contribution is 2.31. The van der Waals surface area contributed by atoms with Crippen molar-refractivity contribution in [1.29, 1.82) is 4.78 Å². The van der Waals surface area contributed by atoms with E-state index in [0.29, 0.717) is 17.2 Å². The lowest BCUT2D eigenvalue weighted by Gasteiger charge is -2.22. The summed E-state index contributed by atoms with van der Waals surface area (Å²) in [5.74, 6) is 1.39. The van der Waals surface area contributed by atoms with Crippen LogP contribution in [-0.4, -0.2) is 22.1 Å². The first-order valence-corrected chi connectivity index (χ1v) is 10.4. The number of hydrogen-bond donors (Lipinski definition) is 2. The molecule has 2 aliphatic carbocycles. The van der Waals surface area contributed by atoms with E-state index < -0.39 is 9.73 Å². The molecule has 0 saturated heterocycles. The summed E-state index contributed by atoms with van der Waals surface area (Å²) in [4.78, 5) is 0.595. The van der Waals surface area contributed by atoms with Crippen LogP contribution in [0.5, 0.6) is 5.75 Å². The Hall–Kier alpha value is -1.07. The molecular formula is C18H28N2O2S. The average Bonchev–Trinajstić information content (AvgIpc) is 3.01. The number of ether oxygens (including phenoxy) is 1. The topological polar surface area (TPSA) is 76.2 Å². The van der Waals surface area contributed by atoms with Crippen molar-refractivity contribution in [2.75, 3.05) is 6.61 Å². The van der Waals surface area contributed by atoms with Gasteiger partial charge >= 0.3 is 0 Å². The highest BCUT2D eigenvalue weighted by atomic mass is 32.2. The van der Waals surface area contributed by atoms with Gasteiger partial charge in [0.1, 0.15) is 5.75 Å². The Morgan fingerprint density at radius 2 is 1.96 bits per heavy atom. The second kappa shape index (κ2) is 7.22. The zero-order valence-electron chi connectivity index (χ0n) is 13.7. The van der Waals surface area contributed by atoms with Crippen LogP contribution < -0.4 is 10.5 Å². The van der Waals surface area contributed by atoms with E-state index in [2.05, 4.69) is 0 Å². The van der Waals surface area contributed by atoms with Gasteiger partial charge < -0.3 is 10.5 Å². The normalized spacial score (nSPS) is 28.4. The van der Waals surface area contributed by atoms with Gasteiger partial charge in [-0.1, -0.05) is 25.3 Å². The molecular weight excluding hydrogens is 308 g/mol. The van der Waals surface area contributed by atoms with Gasteiger partial charge in [0.15, 0.2) is 0 Å². The molecule has 0 amide bonds. The minimum atomic E-state index is -2.80. The third-order valence-corrected chi connectivity index (χ3v) is 7.58. The van der Waals surface area contributed by atoms with Gasteiger partial charge in [0.25, 0.3) is 0 Å². The van der Waals surface area contributed by atoms with E-state index in [9.17, 15) is 4.21 Å². The molecule has 1 unspecified atom stereocenters. The van der Waals surface area contributed by atoms with Crippen LogP contribution in [0.4, 0.5) is 0 Å². The van der Waals surface area contributed by atoms with E-state index in [1.807, 2.05) is 18.2 Å². The van der Waals surface area contributed by atoms with Crippen LogP contribution in [-0.2, 0) is 9.73 Å². The van der Waals surface area contributed by atoms with E-state index in [1.54, 1.807) is 6.07 Å². The molecule has 3 N–H and O–H groups in total. The molecule has 23 heavy (non-hydrogen) atoms. The minimum Gasteiger partial charge on any atom is -0.493 e. The summed E-state index contributed by atoms with van der Waals surface area (Å²) in [7, 11) is -2.80. The van der Waals surface area contributed by atoms with Crippen LogP contribution in [0.2, 0.25) is 0 Å². The molecule has 2 aliphatic rings. The highest BCUT2D eigenvalue weighted by Gasteiger charge is 2.31. The fraction of sp³-hybridized carbons (Fsp3) is 0.667. The molecule has 1 aromatic rings. The Morgan fingerprint density at radius 1 is 1.17 bits per heavy atom. The number of hydrogen-bond acceptors (Lipinski definition) is 4. The van der Waals surface area contributed by atoms with Crippen molar-refractivity contribution in [2.24, 2.45) is 11.7 Å². The molecule has 3 atom stereocenters. The lowest BCUT2D eigenvalue weighted by Crippen LogP contribution is -2.21. The molecule has 2 saturated carbocycles. The SMILES string of the molecule is N=S(=O)(c1cccc(OCC2CCCCC2)c1)[C@@H]1CC[C@H](N)C1. The molecule has 1 aromatic carbocycles. The fourth-order valence-electron chi connectivity index (χ4n) is 3.79. The van der Waals surface area contributed by atoms with Gasteiger partial charge in [-0.25, -0.2) is 8.99 Å². The van der Waals surface area contributed by atoms with E-state index in [1.165, 1.54) is 32.1 Å². The third-order valence-electron chi connectivity index (χ3n) is 5.26. The van der Waals surface area contributed by atoms with Crippen molar-refractivity contribution < 1.29 is 8.95 Å². The van der Waals surface area contributed by atoms with E-state index >= 15 is 0 Å². The lowest BCUT2D eigenvalue weighted by molar-refractivity contribution is 0.208. The van der Waals surface area contributed by atoms with Crippen molar-refractivity contribution in [1.82, 2.24) is 0 Å². The van der Waals surface area contributed by atoms with Crippen LogP contribution in [0.15, 0.2) is 29.2 Å². The van der Waals surface area contributed by atoms with Crippen molar-refractivity contribution in [3.05, 3.63) is 24.3 Å². The highest BCUT2D eigenvalue weighted by molar-refractivity contribution is 7.93. The molecule has 128 valence electrons. The Labute approximate surface area is 139 Å². The van der Waals surface area contributed by atoms with Crippen LogP contribution in [0.3, 0.4) is 0 Å². The zero-order chi connectivity index (χ0) is 16.3. The molecule has 3 rings (SSSR count). The van der Waals surface area contributed by atoms with Crippen molar-refractivity contribution in [3.8, 4) is 5.75 Å². The van der Waals surface area contributed by atoms with Gasteiger partial charge in [-0.05, 0) is 56.2 Å².